The lowest BCUT2D eigenvalue weighted by Crippen LogP contribution is -2.24. The van der Waals surface area contributed by atoms with E-state index in [2.05, 4.69) is 17.8 Å². The molecule has 19 heavy (non-hydrogen) atoms. The number of esters is 1. The van der Waals surface area contributed by atoms with Crippen LogP contribution in [-0.4, -0.2) is 5.97 Å². The molecule has 0 aromatic heterocycles. The van der Waals surface area contributed by atoms with Crippen molar-refractivity contribution < 1.29 is 9.53 Å². The van der Waals surface area contributed by atoms with Crippen molar-refractivity contribution in [1.29, 1.82) is 0 Å². The molecule has 2 heteroatoms. The van der Waals surface area contributed by atoms with Crippen LogP contribution < -0.4 is 0 Å². The molecule has 1 unspecified atom stereocenters. The quantitative estimate of drug-likeness (QED) is 0.598. The van der Waals surface area contributed by atoms with Gasteiger partial charge in [0.15, 0.2) is 6.10 Å². The van der Waals surface area contributed by atoms with Crippen LogP contribution in [0.15, 0.2) is 24.3 Å². The predicted octanol–water partition coefficient (Wildman–Crippen LogP) is 3.32. The molecule has 0 heterocycles. The Balaban J connectivity index is 3.12. The fourth-order valence-electron chi connectivity index (χ4n) is 1.44. The van der Waals surface area contributed by atoms with Crippen molar-refractivity contribution in [3.63, 3.8) is 0 Å². The molecule has 1 aromatic rings. The number of carbonyl (C=O) groups is 1. The van der Waals surface area contributed by atoms with Crippen molar-refractivity contribution >= 4 is 5.97 Å². The third kappa shape index (κ3) is 3.90. The van der Waals surface area contributed by atoms with Gasteiger partial charge in [0, 0.05) is 11.1 Å². The molecule has 0 radical (unpaired) electrons. The Bertz CT molecular complexity index is 559. The lowest BCUT2D eigenvalue weighted by molar-refractivity contribution is -0.156. The number of terminal acetylenes is 1. The van der Waals surface area contributed by atoms with Crippen molar-refractivity contribution in [2.45, 2.75) is 33.8 Å². The van der Waals surface area contributed by atoms with Crippen LogP contribution in [0.4, 0.5) is 0 Å². The number of hydrogen-bond acceptors (Lipinski definition) is 2. The van der Waals surface area contributed by atoms with Gasteiger partial charge in [0.05, 0.1) is 5.41 Å². The van der Waals surface area contributed by atoms with Gasteiger partial charge < -0.3 is 4.74 Å². The van der Waals surface area contributed by atoms with E-state index in [0.717, 1.165) is 5.56 Å². The minimum atomic E-state index is -0.621. The molecular formula is C17H18O2. The Morgan fingerprint density at radius 3 is 2.47 bits per heavy atom. The van der Waals surface area contributed by atoms with Crippen LogP contribution in [0.1, 0.15) is 44.9 Å². The molecule has 0 aliphatic rings. The summed E-state index contributed by atoms with van der Waals surface area (Å²) < 4.78 is 5.48. The van der Waals surface area contributed by atoms with Crippen LogP contribution in [0, 0.1) is 29.6 Å². The molecule has 0 spiro atoms. The Morgan fingerprint density at radius 2 is 1.95 bits per heavy atom. The molecule has 0 saturated carbocycles. The minimum absolute atomic E-state index is 0.299. The Morgan fingerprint density at radius 1 is 1.32 bits per heavy atom. The molecule has 1 rings (SSSR count). The summed E-state index contributed by atoms with van der Waals surface area (Å²) in [6.07, 6.45) is 4.84. The summed E-state index contributed by atoms with van der Waals surface area (Å²) in [5, 5.41) is 0. The van der Waals surface area contributed by atoms with E-state index in [1.807, 2.05) is 24.3 Å². The molecular weight excluding hydrogens is 236 g/mol. The number of benzene rings is 1. The second-order valence-electron chi connectivity index (χ2n) is 5.16. The fraction of sp³-hybridized carbons (Fsp3) is 0.353. The lowest BCUT2D eigenvalue weighted by Gasteiger charge is -2.21. The molecule has 0 fully saturated rings. The predicted molar refractivity (Wildman–Crippen MR) is 76.1 cm³/mol. The van der Waals surface area contributed by atoms with Gasteiger partial charge in [-0.2, -0.15) is 0 Å². The molecule has 0 bridgehead atoms. The Labute approximate surface area is 115 Å². The van der Waals surface area contributed by atoms with Crippen LogP contribution in [-0.2, 0) is 9.53 Å². The van der Waals surface area contributed by atoms with Crippen molar-refractivity contribution in [1.82, 2.24) is 0 Å². The van der Waals surface area contributed by atoms with Crippen LogP contribution >= 0.6 is 0 Å². The van der Waals surface area contributed by atoms with Gasteiger partial charge in [-0.05, 0) is 33.8 Å². The number of rotatable bonds is 2. The average molecular weight is 254 g/mol. The van der Waals surface area contributed by atoms with E-state index in [4.69, 9.17) is 11.2 Å². The van der Waals surface area contributed by atoms with Crippen LogP contribution in [0.5, 0.6) is 0 Å². The van der Waals surface area contributed by atoms with Crippen LogP contribution in [0.3, 0.4) is 0 Å². The van der Waals surface area contributed by atoms with Gasteiger partial charge >= 0.3 is 5.97 Å². The zero-order valence-electron chi connectivity index (χ0n) is 11.8. The topological polar surface area (TPSA) is 26.3 Å². The van der Waals surface area contributed by atoms with Gasteiger partial charge in [-0.15, -0.1) is 12.3 Å². The molecule has 2 nitrogen and oxygen atoms in total. The molecule has 0 amide bonds. The highest BCUT2D eigenvalue weighted by molar-refractivity contribution is 5.76. The van der Waals surface area contributed by atoms with Crippen molar-refractivity contribution in [3.05, 3.63) is 35.4 Å². The maximum Gasteiger partial charge on any atom is 0.312 e. The smallest absolute Gasteiger partial charge is 0.312 e. The van der Waals surface area contributed by atoms with Gasteiger partial charge in [-0.1, -0.05) is 30.0 Å². The lowest BCUT2D eigenvalue weighted by atomic mass is 9.96. The van der Waals surface area contributed by atoms with Crippen molar-refractivity contribution in [3.8, 4) is 24.2 Å². The van der Waals surface area contributed by atoms with E-state index in [-0.39, 0.29) is 5.97 Å². The van der Waals surface area contributed by atoms with Crippen molar-refractivity contribution in [2.75, 3.05) is 0 Å². The highest BCUT2D eigenvalue weighted by atomic mass is 16.5. The van der Waals surface area contributed by atoms with E-state index < -0.39 is 11.5 Å². The summed E-state index contributed by atoms with van der Waals surface area (Å²) in [5.74, 6) is 7.95. The van der Waals surface area contributed by atoms with E-state index in [0.29, 0.717) is 5.56 Å². The third-order valence-corrected chi connectivity index (χ3v) is 2.51. The van der Waals surface area contributed by atoms with E-state index in [9.17, 15) is 4.79 Å². The van der Waals surface area contributed by atoms with E-state index >= 15 is 0 Å². The standard InChI is InChI=1S/C17H18O2/c1-6-10-15(19-16(18)17(3,4)5)14-12-9-8-11-13(14)7-2/h2,8-9,11-12,15H,1,3-5H3. The summed E-state index contributed by atoms with van der Waals surface area (Å²) in [7, 11) is 0. The van der Waals surface area contributed by atoms with Crippen molar-refractivity contribution in [2.24, 2.45) is 5.41 Å². The molecule has 0 aliphatic carbocycles. The SMILES string of the molecule is C#Cc1ccccc1C(C#CC)OC(=O)C(C)(C)C. The zero-order valence-corrected chi connectivity index (χ0v) is 11.8. The molecule has 0 N–H and O–H groups in total. The largest absolute Gasteiger partial charge is 0.444 e. The highest BCUT2D eigenvalue weighted by Gasteiger charge is 2.27. The van der Waals surface area contributed by atoms with E-state index in [1.165, 1.54) is 0 Å². The van der Waals surface area contributed by atoms with Crippen LogP contribution in [0.25, 0.3) is 0 Å². The first-order valence-electron chi connectivity index (χ1n) is 6.09. The second kappa shape index (κ2) is 6.12. The highest BCUT2D eigenvalue weighted by Crippen LogP contribution is 2.25. The second-order valence-corrected chi connectivity index (χ2v) is 5.16. The minimum Gasteiger partial charge on any atom is -0.444 e. The van der Waals surface area contributed by atoms with Gasteiger partial charge in [-0.25, -0.2) is 0 Å². The third-order valence-electron chi connectivity index (χ3n) is 2.51. The molecule has 98 valence electrons. The Kier molecular flexibility index (Phi) is 4.79. The Hall–Kier alpha value is -2.19. The fourth-order valence-corrected chi connectivity index (χ4v) is 1.44. The number of hydrogen-bond donors (Lipinski definition) is 0. The average Bonchev–Trinajstić information content (AvgIpc) is 2.37. The maximum absolute atomic E-state index is 12.0. The zero-order chi connectivity index (χ0) is 14.5. The van der Waals surface area contributed by atoms with E-state index in [1.54, 1.807) is 27.7 Å². The molecule has 1 atom stereocenters. The van der Waals surface area contributed by atoms with Crippen LogP contribution in [0.2, 0.25) is 0 Å². The summed E-state index contributed by atoms with van der Waals surface area (Å²) in [6.45, 7) is 7.12. The summed E-state index contributed by atoms with van der Waals surface area (Å²) in [5.41, 5.74) is 0.868. The monoisotopic (exact) mass is 254 g/mol. The first kappa shape index (κ1) is 14.9. The summed E-state index contributed by atoms with van der Waals surface area (Å²) in [4.78, 5) is 12.0. The van der Waals surface area contributed by atoms with Gasteiger partial charge in [-0.3, -0.25) is 4.79 Å². The maximum atomic E-state index is 12.0. The molecule has 0 saturated heterocycles. The van der Waals surface area contributed by atoms with Gasteiger partial charge in [0.25, 0.3) is 0 Å². The van der Waals surface area contributed by atoms with Gasteiger partial charge in [0.2, 0.25) is 0 Å². The van der Waals surface area contributed by atoms with Gasteiger partial charge in [0.1, 0.15) is 0 Å². The number of carbonyl (C=O) groups excluding carboxylic acids is 1. The summed E-state index contributed by atoms with van der Waals surface area (Å²) >= 11 is 0. The normalized spacial score (nSPS) is 11.7. The first-order chi connectivity index (χ1) is 8.90. The first-order valence-corrected chi connectivity index (χ1v) is 6.09. The number of ether oxygens (including phenoxy) is 1. The molecule has 0 aliphatic heterocycles. The summed E-state index contributed by atoms with van der Waals surface area (Å²) in [6, 6.07) is 7.34. The molecule has 1 aromatic carbocycles.